The molecule has 0 aliphatic rings. The van der Waals surface area contributed by atoms with Crippen molar-refractivity contribution in [2.24, 2.45) is 0 Å². The van der Waals surface area contributed by atoms with Crippen LogP contribution in [0.25, 0.3) is 5.69 Å². The zero-order valence-electron chi connectivity index (χ0n) is 17.0. The minimum absolute atomic E-state index is 0.0491. The highest BCUT2D eigenvalue weighted by molar-refractivity contribution is 6.33. The molecule has 1 unspecified atom stereocenters. The fourth-order valence-electron chi connectivity index (χ4n) is 3.31. The van der Waals surface area contributed by atoms with Crippen molar-refractivity contribution < 1.29 is 4.92 Å². The van der Waals surface area contributed by atoms with Crippen LogP contribution in [0.1, 0.15) is 22.9 Å². The van der Waals surface area contributed by atoms with Crippen LogP contribution in [0.4, 0.5) is 11.4 Å². The number of hydrogen-bond acceptors (Lipinski definition) is 6. The van der Waals surface area contributed by atoms with E-state index < -0.39 is 10.5 Å². The largest absolute Gasteiger partial charge is 0.370 e. The smallest absolute Gasteiger partial charge is 0.292 e. The van der Waals surface area contributed by atoms with Crippen molar-refractivity contribution in [3.8, 4) is 5.69 Å². The molecule has 160 valence electrons. The van der Waals surface area contributed by atoms with Crippen molar-refractivity contribution in [1.82, 2.24) is 14.8 Å². The van der Waals surface area contributed by atoms with E-state index in [1.807, 2.05) is 49.4 Å². The molecule has 1 atom stereocenters. The molecule has 2 heterocycles. The fourth-order valence-corrected chi connectivity index (χ4v) is 3.50. The molecule has 0 aliphatic heterocycles. The van der Waals surface area contributed by atoms with Crippen molar-refractivity contribution in [3.63, 3.8) is 0 Å². The summed E-state index contributed by atoms with van der Waals surface area (Å²) in [6.45, 7) is 2.00. The molecule has 0 aliphatic carbocycles. The maximum absolute atomic E-state index is 12.9. The van der Waals surface area contributed by atoms with Gasteiger partial charge in [0.15, 0.2) is 0 Å². The summed E-state index contributed by atoms with van der Waals surface area (Å²) in [5.74, 6) is 0. The fraction of sp³-hybridized carbons (Fsp3) is 0.0870. The number of non-ortho nitro benzene ring substituents is 1. The molecule has 0 amide bonds. The summed E-state index contributed by atoms with van der Waals surface area (Å²) in [5, 5.41) is 18.3. The number of anilines is 1. The van der Waals surface area contributed by atoms with Crippen molar-refractivity contribution in [1.29, 1.82) is 0 Å². The molecule has 0 bridgehead atoms. The molecular formula is C23H18ClN5O3. The first-order valence-electron chi connectivity index (χ1n) is 9.71. The Hall–Kier alpha value is -4.04. The second-order valence-electron chi connectivity index (χ2n) is 7.11. The number of nitrogens with zero attached hydrogens (tertiary/aromatic N) is 4. The molecule has 2 aromatic carbocycles. The summed E-state index contributed by atoms with van der Waals surface area (Å²) >= 11 is 6.42. The van der Waals surface area contributed by atoms with Gasteiger partial charge in [0.05, 0.1) is 34.2 Å². The monoisotopic (exact) mass is 447 g/mol. The van der Waals surface area contributed by atoms with Gasteiger partial charge in [-0.3, -0.25) is 19.9 Å². The second-order valence-corrected chi connectivity index (χ2v) is 7.49. The Balaban J connectivity index is 1.71. The van der Waals surface area contributed by atoms with E-state index in [4.69, 9.17) is 11.6 Å². The summed E-state index contributed by atoms with van der Waals surface area (Å²) in [4.78, 5) is 27.7. The number of nitro groups is 1. The molecular weight excluding hydrogens is 430 g/mol. The standard InChI is InChI=1S/C23H18ClN5O3/c1-15-5-4-6-16(13-15)22(19-7-2-3-12-25-19)27-20-14-26-28(23(30)21(20)24)17-8-10-18(11-9-17)29(31)32/h2-14,22,27H,1H3. The Morgan fingerprint density at radius 3 is 2.53 bits per heavy atom. The molecule has 32 heavy (non-hydrogen) atoms. The average Bonchev–Trinajstić information content (AvgIpc) is 2.81. The van der Waals surface area contributed by atoms with E-state index >= 15 is 0 Å². The lowest BCUT2D eigenvalue weighted by Crippen LogP contribution is -2.24. The van der Waals surface area contributed by atoms with Crippen molar-refractivity contribution in [2.45, 2.75) is 13.0 Å². The molecule has 8 nitrogen and oxygen atoms in total. The van der Waals surface area contributed by atoms with Crippen LogP contribution in [0.3, 0.4) is 0 Å². The molecule has 0 fully saturated rings. The number of aryl methyl sites for hydroxylation is 1. The van der Waals surface area contributed by atoms with Gasteiger partial charge in [0.1, 0.15) is 5.02 Å². The lowest BCUT2D eigenvalue weighted by molar-refractivity contribution is -0.384. The number of nitro benzene ring substituents is 1. The van der Waals surface area contributed by atoms with Crippen LogP contribution in [0, 0.1) is 17.0 Å². The topological polar surface area (TPSA) is 103 Å². The van der Waals surface area contributed by atoms with Gasteiger partial charge in [-0.2, -0.15) is 9.78 Å². The molecule has 1 N–H and O–H groups in total. The molecule has 0 saturated carbocycles. The molecule has 0 saturated heterocycles. The van der Waals surface area contributed by atoms with E-state index in [1.54, 1.807) is 6.20 Å². The van der Waals surface area contributed by atoms with E-state index in [0.717, 1.165) is 21.5 Å². The summed E-state index contributed by atoms with van der Waals surface area (Å²) in [6, 6.07) is 18.7. The van der Waals surface area contributed by atoms with E-state index in [1.165, 1.54) is 30.5 Å². The summed E-state index contributed by atoms with van der Waals surface area (Å²) in [7, 11) is 0. The number of nitrogens with one attached hydrogen (secondary N) is 1. The van der Waals surface area contributed by atoms with Gasteiger partial charge in [-0.15, -0.1) is 0 Å². The van der Waals surface area contributed by atoms with Crippen molar-refractivity contribution >= 4 is 23.0 Å². The maximum Gasteiger partial charge on any atom is 0.292 e. The molecule has 2 aromatic heterocycles. The number of rotatable bonds is 6. The van der Waals surface area contributed by atoms with Gasteiger partial charge in [0.25, 0.3) is 11.2 Å². The number of hydrogen-bond donors (Lipinski definition) is 1. The van der Waals surface area contributed by atoms with Crippen LogP contribution in [0.15, 0.2) is 83.9 Å². The van der Waals surface area contributed by atoms with Crippen LogP contribution in [-0.2, 0) is 0 Å². The van der Waals surface area contributed by atoms with Crippen molar-refractivity contribution in [3.05, 3.63) is 121 Å². The highest BCUT2D eigenvalue weighted by atomic mass is 35.5. The maximum atomic E-state index is 12.9. The third kappa shape index (κ3) is 4.35. The zero-order chi connectivity index (χ0) is 22.7. The van der Waals surface area contributed by atoms with Gasteiger partial charge in [-0.05, 0) is 36.8 Å². The van der Waals surface area contributed by atoms with Gasteiger partial charge in [-0.25, -0.2) is 0 Å². The van der Waals surface area contributed by atoms with Crippen LogP contribution >= 0.6 is 11.6 Å². The highest BCUT2D eigenvalue weighted by Gasteiger charge is 2.19. The number of halogens is 1. The first kappa shape index (κ1) is 21.2. The molecule has 0 spiro atoms. The van der Waals surface area contributed by atoms with Gasteiger partial charge in [-0.1, -0.05) is 47.5 Å². The Morgan fingerprint density at radius 1 is 1.09 bits per heavy atom. The van der Waals surface area contributed by atoms with Gasteiger partial charge < -0.3 is 5.32 Å². The average molecular weight is 448 g/mol. The van der Waals surface area contributed by atoms with E-state index in [-0.39, 0.29) is 16.8 Å². The van der Waals surface area contributed by atoms with E-state index in [9.17, 15) is 14.9 Å². The van der Waals surface area contributed by atoms with Gasteiger partial charge in [0.2, 0.25) is 0 Å². The van der Waals surface area contributed by atoms with Crippen molar-refractivity contribution in [2.75, 3.05) is 5.32 Å². The Bertz CT molecular complexity index is 1320. The Kier molecular flexibility index (Phi) is 5.96. The van der Waals surface area contributed by atoms with Gasteiger partial charge in [0, 0.05) is 18.3 Å². The minimum Gasteiger partial charge on any atom is -0.370 e. The van der Waals surface area contributed by atoms with E-state index in [0.29, 0.717) is 11.4 Å². The minimum atomic E-state index is -0.547. The summed E-state index contributed by atoms with van der Waals surface area (Å²) < 4.78 is 1.10. The van der Waals surface area contributed by atoms with Crippen LogP contribution in [0.5, 0.6) is 0 Å². The Morgan fingerprint density at radius 2 is 1.88 bits per heavy atom. The van der Waals surface area contributed by atoms with Crippen LogP contribution in [-0.4, -0.2) is 19.7 Å². The number of aromatic nitrogens is 3. The normalized spacial score (nSPS) is 11.7. The Labute approximate surface area is 188 Å². The lowest BCUT2D eigenvalue weighted by Gasteiger charge is -2.21. The van der Waals surface area contributed by atoms with Crippen LogP contribution in [0.2, 0.25) is 5.02 Å². The van der Waals surface area contributed by atoms with E-state index in [2.05, 4.69) is 15.4 Å². The highest BCUT2D eigenvalue weighted by Crippen LogP contribution is 2.28. The SMILES string of the molecule is Cc1cccc(C(Nc2cnn(-c3ccc([N+](=O)[O-])cc3)c(=O)c2Cl)c2ccccn2)c1. The first-order chi connectivity index (χ1) is 15.4. The third-order valence-corrected chi connectivity index (χ3v) is 5.25. The predicted octanol–water partition coefficient (Wildman–Crippen LogP) is 4.70. The van der Waals surface area contributed by atoms with Crippen LogP contribution < -0.4 is 10.9 Å². The predicted molar refractivity (Wildman–Crippen MR) is 122 cm³/mol. The lowest BCUT2D eigenvalue weighted by atomic mass is 10.0. The molecule has 9 heteroatoms. The third-order valence-electron chi connectivity index (χ3n) is 4.88. The first-order valence-corrected chi connectivity index (χ1v) is 10.1. The summed E-state index contributed by atoms with van der Waals surface area (Å²) in [6.07, 6.45) is 3.16. The number of benzene rings is 2. The molecule has 4 aromatic rings. The quantitative estimate of drug-likeness (QED) is 0.339. The summed E-state index contributed by atoms with van der Waals surface area (Å²) in [5.41, 5.74) is 2.90. The molecule has 4 rings (SSSR count). The number of pyridine rings is 1. The zero-order valence-corrected chi connectivity index (χ0v) is 17.7. The molecule has 0 radical (unpaired) electrons. The second kappa shape index (κ2) is 8.99. The van der Waals surface area contributed by atoms with Gasteiger partial charge >= 0.3 is 0 Å².